The lowest BCUT2D eigenvalue weighted by molar-refractivity contribution is -0.129. The van der Waals surface area contributed by atoms with Crippen molar-refractivity contribution in [3.05, 3.63) is 45.6 Å². The maximum absolute atomic E-state index is 13.4. The van der Waals surface area contributed by atoms with E-state index in [1.165, 1.54) is 4.90 Å². The van der Waals surface area contributed by atoms with Crippen molar-refractivity contribution in [1.82, 2.24) is 10.2 Å². The standard InChI is InChI=1S/C31H41ClN6O6S/c32-26-15-14-25(45-26)30(42)38(28(40)8-2-5-17-35-29(41)24(34)7-1-4-16-33)20-23-19-37(31(43)44-23)22-12-10-21(11-13-22)36-18-6-3-9-27(36)39/h10-15,23-24H,1-9,16-20,33-34H2,(H,35,41)/t23-,24+/m1/s1. The minimum Gasteiger partial charge on any atom is -0.442 e. The summed E-state index contributed by atoms with van der Waals surface area (Å²) in [5.74, 6) is -1.09. The van der Waals surface area contributed by atoms with Crippen molar-refractivity contribution >= 4 is 64.0 Å². The number of hydrogen-bond acceptors (Lipinski definition) is 9. The number of nitrogens with one attached hydrogen (secondary N) is 1. The molecule has 2 atom stereocenters. The summed E-state index contributed by atoms with van der Waals surface area (Å²) >= 11 is 7.12. The zero-order valence-electron chi connectivity index (χ0n) is 25.3. The van der Waals surface area contributed by atoms with Crippen LogP contribution >= 0.6 is 22.9 Å². The first-order chi connectivity index (χ1) is 21.7. The van der Waals surface area contributed by atoms with Crippen LogP contribution in [0.25, 0.3) is 0 Å². The zero-order valence-corrected chi connectivity index (χ0v) is 26.8. The highest BCUT2D eigenvalue weighted by atomic mass is 35.5. The molecule has 45 heavy (non-hydrogen) atoms. The Morgan fingerprint density at radius 3 is 2.42 bits per heavy atom. The predicted molar refractivity (Wildman–Crippen MR) is 173 cm³/mol. The molecule has 0 unspecified atom stereocenters. The monoisotopic (exact) mass is 660 g/mol. The molecule has 2 aromatic rings. The first-order valence-electron chi connectivity index (χ1n) is 15.4. The van der Waals surface area contributed by atoms with Crippen LogP contribution < -0.4 is 26.6 Å². The molecule has 1 aromatic carbocycles. The number of rotatable bonds is 15. The lowest BCUT2D eigenvalue weighted by Crippen LogP contribution is -2.43. The second-order valence-electron chi connectivity index (χ2n) is 11.2. The van der Waals surface area contributed by atoms with Gasteiger partial charge in [-0.2, -0.15) is 0 Å². The third-order valence-corrected chi connectivity index (χ3v) is 9.03. The van der Waals surface area contributed by atoms with Crippen LogP contribution in [0.3, 0.4) is 0 Å². The number of piperidine rings is 1. The van der Waals surface area contributed by atoms with Crippen LogP contribution in [0.4, 0.5) is 16.2 Å². The average Bonchev–Trinajstić information content (AvgIpc) is 3.64. The Morgan fingerprint density at radius 2 is 1.76 bits per heavy atom. The summed E-state index contributed by atoms with van der Waals surface area (Å²) in [6.07, 6.45) is 4.17. The Kier molecular flexibility index (Phi) is 12.7. The van der Waals surface area contributed by atoms with Crippen molar-refractivity contribution in [1.29, 1.82) is 0 Å². The molecule has 2 fully saturated rings. The summed E-state index contributed by atoms with van der Waals surface area (Å²) in [5.41, 5.74) is 12.8. The minimum absolute atomic E-state index is 0.0599. The van der Waals surface area contributed by atoms with Crippen LogP contribution in [0.5, 0.6) is 0 Å². The van der Waals surface area contributed by atoms with Gasteiger partial charge in [-0.1, -0.05) is 18.0 Å². The number of cyclic esters (lactones) is 1. The number of unbranched alkanes of at least 4 members (excludes halogenated alkanes) is 2. The number of amides is 5. The van der Waals surface area contributed by atoms with E-state index in [2.05, 4.69) is 5.32 Å². The fraction of sp³-hybridized carbons (Fsp3) is 0.516. The van der Waals surface area contributed by atoms with E-state index in [9.17, 15) is 24.0 Å². The van der Waals surface area contributed by atoms with Gasteiger partial charge in [0.15, 0.2) is 0 Å². The summed E-state index contributed by atoms with van der Waals surface area (Å²) < 4.78 is 5.99. The lowest BCUT2D eigenvalue weighted by atomic mass is 10.1. The molecule has 4 rings (SSSR count). The summed E-state index contributed by atoms with van der Waals surface area (Å²) in [6.45, 7) is 1.59. The van der Waals surface area contributed by atoms with E-state index in [0.717, 1.165) is 47.6 Å². The number of anilines is 2. The summed E-state index contributed by atoms with van der Waals surface area (Å²) in [6, 6.07) is 9.67. The number of imide groups is 1. The predicted octanol–water partition coefficient (Wildman–Crippen LogP) is 3.66. The van der Waals surface area contributed by atoms with Crippen molar-refractivity contribution in [3.8, 4) is 0 Å². The van der Waals surface area contributed by atoms with Gasteiger partial charge in [0, 0.05) is 37.3 Å². The minimum atomic E-state index is -0.746. The highest BCUT2D eigenvalue weighted by Gasteiger charge is 2.36. The number of carbonyl (C=O) groups is 5. The van der Waals surface area contributed by atoms with Crippen molar-refractivity contribution in [2.75, 3.05) is 42.5 Å². The summed E-state index contributed by atoms with van der Waals surface area (Å²) in [4.78, 5) is 68.6. The van der Waals surface area contributed by atoms with Gasteiger partial charge in [0.25, 0.3) is 5.91 Å². The van der Waals surface area contributed by atoms with Crippen LogP contribution in [0, 0.1) is 0 Å². The van der Waals surface area contributed by atoms with Gasteiger partial charge in [-0.25, -0.2) is 4.79 Å². The van der Waals surface area contributed by atoms with Crippen LogP contribution in [-0.4, -0.2) is 79.5 Å². The molecular formula is C31H41ClN6O6S. The fourth-order valence-electron chi connectivity index (χ4n) is 5.30. The Hall–Kier alpha value is -3.52. The number of thiophene rings is 1. The van der Waals surface area contributed by atoms with Gasteiger partial charge < -0.3 is 26.4 Å². The van der Waals surface area contributed by atoms with E-state index < -0.39 is 30.1 Å². The Bertz CT molecular complexity index is 1350. The van der Waals surface area contributed by atoms with Crippen LogP contribution in [0.1, 0.15) is 67.5 Å². The Morgan fingerprint density at radius 1 is 1.02 bits per heavy atom. The van der Waals surface area contributed by atoms with Crippen molar-refractivity contribution in [3.63, 3.8) is 0 Å². The van der Waals surface area contributed by atoms with E-state index in [4.69, 9.17) is 27.8 Å². The van der Waals surface area contributed by atoms with Gasteiger partial charge in [0.1, 0.15) is 6.10 Å². The topological polar surface area (TPSA) is 168 Å². The van der Waals surface area contributed by atoms with Crippen LogP contribution in [-0.2, 0) is 19.1 Å². The van der Waals surface area contributed by atoms with Gasteiger partial charge in [-0.05, 0) is 81.5 Å². The number of hydrogen-bond donors (Lipinski definition) is 3. The SMILES string of the molecule is NCCCC[C@H](N)C(=O)NCCCCC(=O)N(C[C@H]1CN(c2ccc(N3CCCCC3=O)cc2)C(=O)O1)C(=O)c1ccc(Cl)s1. The molecule has 3 heterocycles. The number of carbonyl (C=O) groups excluding carboxylic acids is 5. The third kappa shape index (κ3) is 9.49. The Balaban J connectivity index is 1.33. The zero-order chi connectivity index (χ0) is 32.3. The lowest BCUT2D eigenvalue weighted by Gasteiger charge is -2.27. The molecule has 0 radical (unpaired) electrons. The molecule has 2 aliphatic rings. The molecule has 2 saturated heterocycles. The number of halogens is 1. The molecule has 244 valence electrons. The second kappa shape index (κ2) is 16.7. The first kappa shape index (κ1) is 34.4. The van der Waals surface area contributed by atoms with Crippen molar-refractivity contribution < 1.29 is 28.7 Å². The largest absolute Gasteiger partial charge is 0.442 e. The average molecular weight is 661 g/mol. The molecule has 14 heteroatoms. The molecule has 0 spiro atoms. The van der Waals surface area contributed by atoms with Gasteiger partial charge in [0.2, 0.25) is 17.7 Å². The van der Waals surface area contributed by atoms with Gasteiger partial charge in [-0.3, -0.25) is 29.0 Å². The van der Waals surface area contributed by atoms with E-state index in [0.29, 0.717) is 60.2 Å². The van der Waals surface area contributed by atoms with E-state index in [1.54, 1.807) is 41.3 Å². The first-order valence-corrected chi connectivity index (χ1v) is 16.6. The molecule has 0 saturated carbocycles. The number of benzene rings is 1. The van der Waals surface area contributed by atoms with Gasteiger partial charge >= 0.3 is 6.09 Å². The van der Waals surface area contributed by atoms with Gasteiger partial charge in [0.05, 0.1) is 28.3 Å². The van der Waals surface area contributed by atoms with Crippen molar-refractivity contribution in [2.24, 2.45) is 11.5 Å². The van der Waals surface area contributed by atoms with Crippen molar-refractivity contribution in [2.45, 2.75) is 69.9 Å². The molecule has 5 amide bonds. The summed E-state index contributed by atoms with van der Waals surface area (Å²) in [5, 5.41) is 2.79. The highest BCUT2D eigenvalue weighted by Crippen LogP contribution is 2.28. The molecule has 12 nitrogen and oxygen atoms in total. The van der Waals surface area contributed by atoms with Crippen LogP contribution in [0.2, 0.25) is 4.34 Å². The molecule has 0 aliphatic carbocycles. The summed E-state index contributed by atoms with van der Waals surface area (Å²) in [7, 11) is 0. The van der Waals surface area contributed by atoms with E-state index in [-0.39, 0.29) is 31.3 Å². The number of ether oxygens (including phenoxy) is 1. The van der Waals surface area contributed by atoms with Gasteiger partial charge in [-0.15, -0.1) is 11.3 Å². The van der Waals surface area contributed by atoms with E-state index >= 15 is 0 Å². The third-order valence-electron chi connectivity index (χ3n) is 7.81. The quantitative estimate of drug-likeness (QED) is 0.243. The normalized spacial score (nSPS) is 17.3. The van der Waals surface area contributed by atoms with Crippen LogP contribution in [0.15, 0.2) is 36.4 Å². The molecule has 2 aliphatic heterocycles. The Labute approximate surface area is 272 Å². The maximum Gasteiger partial charge on any atom is 0.414 e. The molecule has 1 aromatic heterocycles. The smallest absolute Gasteiger partial charge is 0.414 e. The molecule has 5 N–H and O–H groups in total. The highest BCUT2D eigenvalue weighted by molar-refractivity contribution is 7.18. The maximum atomic E-state index is 13.4. The molecular weight excluding hydrogens is 620 g/mol. The second-order valence-corrected chi connectivity index (χ2v) is 12.9. The number of nitrogens with zero attached hydrogens (tertiary/aromatic N) is 3. The van der Waals surface area contributed by atoms with E-state index in [1.807, 2.05) is 0 Å². The fourth-order valence-corrected chi connectivity index (χ4v) is 6.29. The number of nitrogens with two attached hydrogens (primary N) is 2. The molecule has 0 bridgehead atoms.